The smallest absolute Gasteiger partial charge is 0.0702 e. The number of hydrogen-bond donors (Lipinski definition) is 0. The molecule has 0 fully saturated rings. The molecule has 0 amide bonds. The van der Waals surface area contributed by atoms with E-state index in [1.807, 2.05) is 43.1 Å². The van der Waals surface area contributed by atoms with Gasteiger partial charge in [0.05, 0.1) is 5.52 Å². The Morgan fingerprint density at radius 3 is 1.48 bits per heavy atom. The van der Waals surface area contributed by atoms with E-state index in [0.717, 1.165) is 5.52 Å². The Morgan fingerprint density at radius 2 is 0.881 bits per heavy atom. The van der Waals surface area contributed by atoms with E-state index in [1.54, 1.807) is 0 Å². The first-order valence-corrected chi connectivity index (χ1v) is 14.8. The molecule has 6 aromatic rings. The van der Waals surface area contributed by atoms with E-state index in [-0.39, 0.29) is 16.2 Å². The van der Waals surface area contributed by atoms with E-state index < -0.39 is 0 Å². The monoisotopic (exact) mass is 555 g/mol. The zero-order chi connectivity index (χ0) is 30.5. The van der Waals surface area contributed by atoms with Crippen LogP contribution in [0, 0.1) is 0 Å². The summed E-state index contributed by atoms with van der Waals surface area (Å²) in [5.74, 6) is 0. The van der Waals surface area contributed by atoms with E-state index >= 15 is 0 Å². The summed E-state index contributed by atoms with van der Waals surface area (Å²) in [6.07, 6.45) is 9.33. The molecule has 0 aliphatic heterocycles. The molecule has 0 unspecified atom stereocenters. The van der Waals surface area contributed by atoms with Gasteiger partial charge in [-0.1, -0.05) is 105 Å². The van der Waals surface area contributed by atoms with Crippen LogP contribution in [0.1, 0.15) is 79.0 Å². The van der Waals surface area contributed by atoms with E-state index in [0.29, 0.717) is 0 Å². The molecule has 3 aromatic carbocycles. The largest absolute Gasteiger partial charge is 0.264 e. The van der Waals surface area contributed by atoms with Crippen molar-refractivity contribution in [3.05, 3.63) is 127 Å². The molecule has 3 aromatic heterocycles. The third kappa shape index (κ3) is 8.00. The molecule has 0 aliphatic carbocycles. The van der Waals surface area contributed by atoms with Crippen LogP contribution in [-0.2, 0) is 16.2 Å². The van der Waals surface area contributed by atoms with Crippen LogP contribution in [-0.4, -0.2) is 15.0 Å². The predicted molar refractivity (Wildman–Crippen MR) is 181 cm³/mol. The average Bonchev–Trinajstić information content (AvgIpc) is 2.95. The summed E-state index contributed by atoms with van der Waals surface area (Å²) in [5.41, 5.74) is 5.80. The van der Waals surface area contributed by atoms with Crippen LogP contribution in [0.15, 0.2) is 110 Å². The maximum Gasteiger partial charge on any atom is 0.0702 e. The van der Waals surface area contributed by atoms with Gasteiger partial charge in [-0.15, -0.1) is 0 Å². The van der Waals surface area contributed by atoms with Gasteiger partial charge in [0.15, 0.2) is 0 Å². The fourth-order valence-corrected chi connectivity index (χ4v) is 4.64. The molecule has 0 atom stereocenters. The molecule has 0 bridgehead atoms. The summed E-state index contributed by atoms with van der Waals surface area (Å²) < 4.78 is 0. The van der Waals surface area contributed by atoms with Crippen LogP contribution < -0.4 is 0 Å². The van der Waals surface area contributed by atoms with E-state index in [1.165, 1.54) is 43.6 Å². The van der Waals surface area contributed by atoms with Gasteiger partial charge in [0, 0.05) is 47.1 Å². The molecular formula is C39H45N3. The van der Waals surface area contributed by atoms with Crippen molar-refractivity contribution >= 4 is 32.4 Å². The van der Waals surface area contributed by atoms with Crippen LogP contribution in [0.4, 0.5) is 0 Å². The molecule has 3 heteroatoms. The van der Waals surface area contributed by atoms with Crippen LogP contribution in [0.25, 0.3) is 32.4 Å². The van der Waals surface area contributed by atoms with Crippen molar-refractivity contribution in [3.63, 3.8) is 0 Å². The number of fused-ring (bicyclic) bond motifs is 3. The Morgan fingerprint density at radius 1 is 0.405 bits per heavy atom. The number of hydrogen-bond acceptors (Lipinski definition) is 3. The minimum absolute atomic E-state index is 0.212. The Kier molecular flexibility index (Phi) is 9.11. The number of rotatable bonds is 0. The van der Waals surface area contributed by atoms with Gasteiger partial charge in [0.2, 0.25) is 0 Å². The van der Waals surface area contributed by atoms with Gasteiger partial charge >= 0.3 is 0 Å². The highest BCUT2D eigenvalue weighted by Crippen LogP contribution is 2.27. The van der Waals surface area contributed by atoms with Gasteiger partial charge in [-0.05, 0) is 80.1 Å². The lowest BCUT2D eigenvalue weighted by atomic mass is 9.86. The first-order chi connectivity index (χ1) is 19.7. The Bertz CT molecular complexity index is 1570. The van der Waals surface area contributed by atoms with E-state index in [9.17, 15) is 0 Å². The maximum atomic E-state index is 4.30. The first kappa shape index (κ1) is 30.8. The maximum absolute atomic E-state index is 4.30. The lowest BCUT2D eigenvalue weighted by molar-refractivity contribution is 0.591. The number of pyridine rings is 3. The number of nitrogens with zero attached hydrogens (tertiary/aromatic N) is 3. The van der Waals surface area contributed by atoms with Crippen LogP contribution in [0.2, 0.25) is 0 Å². The van der Waals surface area contributed by atoms with Crippen LogP contribution in [0.5, 0.6) is 0 Å². The standard InChI is InChI=1S/3C13H15N/c1-13(2,3)12-5-4-11-9-14-7-6-10(11)8-12;1-13(2,3)12-5-4-10-6-7-14-9-11(10)8-12;1-13(2,3)11-6-7-12-10(9-11)5-4-8-14-12/h3*4-9H,1-3H3. The second-order valence-corrected chi connectivity index (χ2v) is 14.0. The molecule has 0 saturated heterocycles. The molecule has 0 radical (unpaired) electrons. The SMILES string of the molecule is CC(C)(C)c1ccc2ccncc2c1.CC(C)(C)c1ccc2cnccc2c1.CC(C)(C)c1ccc2ncccc2c1. The zero-order valence-corrected chi connectivity index (χ0v) is 26.7. The summed E-state index contributed by atoms with van der Waals surface area (Å²) in [5, 5.41) is 6.18. The molecular weight excluding hydrogens is 510 g/mol. The molecule has 0 N–H and O–H groups in total. The average molecular weight is 556 g/mol. The molecule has 0 aliphatic rings. The summed E-state index contributed by atoms with van der Waals surface area (Å²) in [6.45, 7) is 20.1. The van der Waals surface area contributed by atoms with Gasteiger partial charge in [0.25, 0.3) is 0 Å². The lowest BCUT2D eigenvalue weighted by Crippen LogP contribution is -2.10. The Labute approximate surface area is 252 Å². The molecule has 6 rings (SSSR count). The molecule has 0 saturated carbocycles. The van der Waals surface area contributed by atoms with Crippen molar-refractivity contribution in [1.82, 2.24) is 15.0 Å². The van der Waals surface area contributed by atoms with Crippen molar-refractivity contribution in [2.45, 2.75) is 78.6 Å². The zero-order valence-electron chi connectivity index (χ0n) is 26.7. The topological polar surface area (TPSA) is 38.7 Å². The summed E-state index contributed by atoms with van der Waals surface area (Å²) in [7, 11) is 0. The molecule has 42 heavy (non-hydrogen) atoms. The fourth-order valence-electron chi connectivity index (χ4n) is 4.64. The minimum Gasteiger partial charge on any atom is -0.264 e. The highest BCUT2D eigenvalue weighted by molar-refractivity contribution is 5.83. The molecule has 3 heterocycles. The first-order valence-electron chi connectivity index (χ1n) is 14.8. The van der Waals surface area contributed by atoms with Crippen LogP contribution >= 0.6 is 0 Å². The quantitative estimate of drug-likeness (QED) is 0.187. The Hall–Kier alpha value is -4.11. The van der Waals surface area contributed by atoms with Gasteiger partial charge in [-0.3, -0.25) is 15.0 Å². The number of benzene rings is 3. The van der Waals surface area contributed by atoms with E-state index in [4.69, 9.17) is 0 Å². The molecule has 3 nitrogen and oxygen atoms in total. The Balaban J connectivity index is 0.000000145. The highest BCUT2D eigenvalue weighted by atomic mass is 14.6. The van der Waals surface area contributed by atoms with Crippen molar-refractivity contribution in [3.8, 4) is 0 Å². The van der Waals surface area contributed by atoms with Crippen molar-refractivity contribution < 1.29 is 0 Å². The van der Waals surface area contributed by atoms with Gasteiger partial charge < -0.3 is 0 Å². The predicted octanol–water partition coefficient (Wildman–Crippen LogP) is 10.6. The second kappa shape index (κ2) is 12.4. The van der Waals surface area contributed by atoms with Gasteiger partial charge in [0.1, 0.15) is 0 Å². The molecule has 0 spiro atoms. The van der Waals surface area contributed by atoms with Gasteiger partial charge in [-0.25, -0.2) is 0 Å². The minimum atomic E-state index is 0.212. The number of aromatic nitrogens is 3. The van der Waals surface area contributed by atoms with Crippen molar-refractivity contribution in [1.29, 1.82) is 0 Å². The fraction of sp³-hybridized carbons (Fsp3) is 0.308. The summed E-state index contributed by atoms with van der Waals surface area (Å²) >= 11 is 0. The van der Waals surface area contributed by atoms with Crippen LogP contribution in [0.3, 0.4) is 0 Å². The lowest BCUT2D eigenvalue weighted by Gasteiger charge is -2.19. The normalized spacial score (nSPS) is 11.9. The molecule has 216 valence electrons. The van der Waals surface area contributed by atoms with Crippen molar-refractivity contribution in [2.24, 2.45) is 0 Å². The van der Waals surface area contributed by atoms with Crippen molar-refractivity contribution in [2.75, 3.05) is 0 Å². The highest BCUT2D eigenvalue weighted by Gasteiger charge is 2.15. The summed E-state index contributed by atoms with van der Waals surface area (Å²) in [6, 6.07) is 27.8. The van der Waals surface area contributed by atoms with E-state index in [2.05, 4.69) is 144 Å². The van der Waals surface area contributed by atoms with Gasteiger partial charge in [-0.2, -0.15) is 0 Å². The second-order valence-electron chi connectivity index (χ2n) is 14.0. The third-order valence-corrected chi connectivity index (χ3v) is 7.48. The third-order valence-electron chi connectivity index (χ3n) is 7.48. The summed E-state index contributed by atoms with van der Waals surface area (Å²) in [4.78, 5) is 12.5.